The molecule has 0 saturated heterocycles. The molecule has 0 saturated carbocycles. The number of halogens is 1. The Balaban J connectivity index is 2.06. The van der Waals surface area contributed by atoms with Gasteiger partial charge in [0.25, 0.3) is 6.17 Å². The summed E-state index contributed by atoms with van der Waals surface area (Å²) in [6.45, 7) is 4.66. The monoisotopic (exact) mass is 471 g/mol. The van der Waals surface area contributed by atoms with E-state index in [2.05, 4.69) is 10.1 Å². The fraction of sp³-hybridized carbons (Fsp3) is 0.227. The maximum Gasteiger partial charge on any atom is 0.325 e. The predicted molar refractivity (Wildman–Crippen MR) is 121 cm³/mol. The molecule has 32 heavy (non-hydrogen) atoms. The van der Waals surface area contributed by atoms with Gasteiger partial charge in [-0.1, -0.05) is 48.5 Å². The van der Waals surface area contributed by atoms with Gasteiger partial charge in [-0.2, -0.15) is 0 Å². The van der Waals surface area contributed by atoms with E-state index in [1.807, 2.05) is 6.92 Å². The minimum atomic E-state index is -0.862. The van der Waals surface area contributed by atoms with E-state index < -0.39 is 12.1 Å². The molecule has 2 heterocycles. The predicted octanol–water partition coefficient (Wildman–Crippen LogP) is 3.33. The molecule has 2 aromatic carbocycles. The molecule has 0 bridgehead atoms. The molecule has 4 rings (SSSR count). The lowest BCUT2D eigenvalue weighted by atomic mass is 10.0. The molecule has 0 fully saturated rings. The van der Waals surface area contributed by atoms with Crippen molar-refractivity contribution in [2.24, 2.45) is 0 Å². The molecular formula is C22H20ClN4O4S+. The molecule has 1 aliphatic heterocycles. The van der Waals surface area contributed by atoms with Gasteiger partial charge < -0.3 is 4.74 Å². The molecule has 0 aliphatic carbocycles. The highest BCUT2D eigenvalue weighted by atomic mass is 35.5. The van der Waals surface area contributed by atoms with E-state index in [4.69, 9.17) is 16.3 Å². The molecule has 1 unspecified atom stereocenters. The number of esters is 1. The molecular weight excluding hydrogens is 452 g/mol. The van der Waals surface area contributed by atoms with E-state index in [1.54, 1.807) is 42.5 Å². The van der Waals surface area contributed by atoms with Gasteiger partial charge in [0, 0.05) is 18.9 Å². The van der Waals surface area contributed by atoms with E-state index in [9.17, 15) is 14.4 Å². The zero-order valence-electron chi connectivity index (χ0n) is 17.6. The Morgan fingerprint density at radius 2 is 1.97 bits per heavy atom. The van der Waals surface area contributed by atoms with Gasteiger partial charge in [-0.25, -0.2) is 4.90 Å². The number of nitrogens with one attached hydrogen (secondary N) is 1. The molecule has 1 aliphatic rings. The summed E-state index contributed by atoms with van der Waals surface area (Å²) in [5.74, 6) is 0.0732. The van der Waals surface area contributed by atoms with Crippen LogP contribution in [0.1, 0.15) is 32.5 Å². The van der Waals surface area contributed by atoms with Crippen LogP contribution in [0, 0.1) is 0 Å². The normalized spacial score (nSPS) is 14.5. The number of ether oxygens (including phenoxy) is 1. The maximum atomic E-state index is 13.1. The summed E-state index contributed by atoms with van der Waals surface area (Å²) in [5.41, 5.74) is 1.57. The molecule has 3 aromatic rings. The summed E-state index contributed by atoms with van der Waals surface area (Å²) in [6.07, 6.45) is -0.862. The van der Waals surface area contributed by atoms with Crippen LogP contribution in [0.15, 0.2) is 52.4 Å². The van der Waals surface area contributed by atoms with Gasteiger partial charge in [0.15, 0.2) is 0 Å². The smallest absolute Gasteiger partial charge is 0.325 e. The zero-order valence-corrected chi connectivity index (χ0v) is 19.2. The Morgan fingerprint density at radius 1 is 1.22 bits per heavy atom. The lowest BCUT2D eigenvalue weighted by Gasteiger charge is -2.31. The second-order valence-corrected chi connectivity index (χ2v) is 8.65. The average molecular weight is 472 g/mol. The Hall–Kier alpha value is -3.17. The van der Waals surface area contributed by atoms with E-state index in [0.717, 1.165) is 0 Å². The summed E-state index contributed by atoms with van der Waals surface area (Å²) in [7, 11) is 0. The quantitative estimate of drug-likeness (QED) is 0.271. The first-order valence-corrected chi connectivity index (χ1v) is 11.2. The fourth-order valence-corrected chi connectivity index (χ4v) is 4.60. The van der Waals surface area contributed by atoms with Crippen molar-refractivity contribution in [1.82, 2.24) is 10.1 Å². The van der Waals surface area contributed by atoms with E-state index >= 15 is 0 Å². The van der Waals surface area contributed by atoms with Gasteiger partial charge in [0.2, 0.25) is 11.1 Å². The number of anilines is 1. The highest BCUT2D eigenvalue weighted by Crippen LogP contribution is 2.41. The lowest BCUT2D eigenvalue weighted by molar-refractivity contribution is -0.763. The standard InChI is InChI=1S/C22H19ClN4O4S/c1-4-32-22-24-20(30)19-14-8-5-6-10-16(14)26(12(2)28)21(27(19)25-22)15-9-7-11-17(18(15)23)31-13(3)29/h5-11,21H,4H2,1-3H3/p+1. The number of hydrogen-bond donors (Lipinski definition) is 1. The Kier molecular flexibility index (Phi) is 6.03. The van der Waals surface area contributed by atoms with Crippen molar-refractivity contribution in [3.8, 4) is 17.0 Å². The molecule has 164 valence electrons. The van der Waals surface area contributed by atoms with Crippen LogP contribution in [-0.2, 0) is 9.59 Å². The number of aromatic nitrogens is 3. The van der Waals surface area contributed by atoms with Crippen molar-refractivity contribution in [1.29, 1.82) is 0 Å². The lowest BCUT2D eigenvalue weighted by Crippen LogP contribution is -2.60. The van der Waals surface area contributed by atoms with Crippen LogP contribution in [0.25, 0.3) is 11.3 Å². The van der Waals surface area contributed by atoms with Crippen LogP contribution in [0.4, 0.5) is 5.69 Å². The number of carbonyl (C=O) groups excluding carboxylic acids is 2. The molecule has 1 N–H and O–H groups in total. The molecule has 0 radical (unpaired) electrons. The zero-order chi connectivity index (χ0) is 23.0. The molecule has 1 atom stereocenters. The van der Waals surface area contributed by atoms with Crippen molar-refractivity contribution < 1.29 is 19.0 Å². The number of carbonyl (C=O) groups is 2. The number of rotatable bonds is 4. The van der Waals surface area contributed by atoms with E-state index in [0.29, 0.717) is 33.4 Å². The maximum absolute atomic E-state index is 13.1. The summed E-state index contributed by atoms with van der Waals surface area (Å²) >= 11 is 8.02. The molecule has 0 spiro atoms. The third-order valence-electron chi connectivity index (χ3n) is 4.90. The van der Waals surface area contributed by atoms with Crippen molar-refractivity contribution in [2.45, 2.75) is 32.1 Å². The number of nitrogens with zero attached hydrogens (tertiary/aromatic N) is 3. The third-order valence-corrected chi connectivity index (χ3v) is 6.05. The van der Waals surface area contributed by atoms with Crippen LogP contribution in [0.2, 0.25) is 5.02 Å². The Bertz CT molecular complexity index is 1290. The molecule has 1 amide bonds. The van der Waals surface area contributed by atoms with Crippen molar-refractivity contribution in [3.05, 3.63) is 63.4 Å². The first-order valence-electron chi connectivity index (χ1n) is 9.88. The van der Waals surface area contributed by atoms with Gasteiger partial charge in [0.05, 0.1) is 21.8 Å². The number of H-pyrrole nitrogens is 1. The van der Waals surface area contributed by atoms with Crippen LogP contribution >= 0.6 is 23.4 Å². The number of aromatic amines is 1. The highest BCUT2D eigenvalue weighted by molar-refractivity contribution is 7.99. The van der Waals surface area contributed by atoms with Gasteiger partial charge in [-0.05, 0) is 34.7 Å². The second-order valence-electron chi connectivity index (χ2n) is 7.02. The number of fused-ring (bicyclic) bond motifs is 3. The Morgan fingerprint density at radius 3 is 2.66 bits per heavy atom. The van der Waals surface area contributed by atoms with Gasteiger partial charge in [-0.3, -0.25) is 19.4 Å². The first kappa shape index (κ1) is 22.0. The number of thioether (sulfide) groups is 1. The first-order chi connectivity index (χ1) is 15.3. The average Bonchev–Trinajstić information content (AvgIpc) is 2.74. The minimum Gasteiger partial charge on any atom is -0.425 e. The molecule has 1 aromatic heterocycles. The largest absolute Gasteiger partial charge is 0.425 e. The second kappa shape index (κ2) is 8.76. The van der Waals surface area contributed by atoms with Crippen molar-refractivity contribution in [3.63, 3.8) is 0 Å². The topological polar surface area (TPSA) is 96.2 Å². The highest BCUT2D eigenvalue weighted by Gasteiger charge is 2.46. The van der Waals surface area contributed by atoms with Gasteiger partial charge in [-0.15, -0.1) is 0 Å². The van der Waals surface area contributed by atoms with E-state index in [1.165, 1.54) is 35.2 Å². The SMILES string of the molecule is CCSc1n[n+]2c(c(=O)[nH]1)-c1ccccc1N(C(C)=O)C2c1cccc(OC(C)=O)c1Cl. The summed E-state index contributed by atoms with van der Waals surface area (Å²) in [5, 5.41) is 5.22. The van der Waals surface area contributed by atoms with Gasteiger partial charge in [0.1, 0.15) is 5.75 Å². The molecule has 8 nitrogen and oxygen atoms in total. The summed E-state index contributed by atoms with van der Waals surface area (Å²) in [6, 6.07) is 12.1. The van der Waals surface area contributed by atoms with Crippen LogP contribution in [0.3, 0.4) is 0 Å². The fourth-order valence-electron chi connectivity index (χ4n) is 3.76. The van der Waals surface area contributed by atoms with Gasteiger partial charge >= 0.3 is 17.2 Å². The van der Waals surface area contributed by atoms with Crippen LogP contribution in [0.5, 0.6) is 5.75 Å². The van der Waals surface area contributed by atoms with Crippen molar-refractivity contribution >= 4 is 40.9 Å². The summed E-state index contributed by atoms with van der Waals surface area (Å²) < 4.78 is 6.75. The number of benzene rings is 2. The van der Waals surface area contributed by atoms with Crippen molar-refractivity contribution in [2.75, 3.05) is 10.7 Å². The number of hydrogen-bond acceptors (Lipinski definition) is 6. The van der Waals surface area contributed by atoms with Crippen LogP contribution in [-0.4, -0.2) is 27.7 Å². The molecule has 10 heteroatoms. The Labute approximate surface area is 193 Å². The number of para-hydroxylation sites is 1. The minimum absolute atomic E-state index is 0.156. The third kappa shape index (κ3) is 3.78. The van der Waals surface area contributed by atoms with Crippen LogP contribution < -0.4 is 19.9 Å². The summed E-state index contributed by atoms with van der Waals surface area (Å²) in [4.78, 5) is 41.9. The van der Waals surface area contributed by atoms with E-state index in [-0.39, 0.29) is 22.2 Å². The number of amides is 1.